The van der Waals surface area contributed by atoms with Crippen molar-refractivity contribution in [3.63, 3.8) is 0 Å². The lowest BCUT2D eigenvalue weighted by Crippen LogP contribution is -2.62. The summed E-state index contributed by atoms with van der Waals surface area (Å²) in [4.78, 5) is 93.3. The van der Waals surface area contributed by atoms with Crippen molar-refractivity contribution in [1.82, 2.24) is 30.7 Å². The quantitative estimate of drug-likeness (QED) is 0.0545. The van der Waals surface area contributed by atoms with Gasteiger partial charge in [0.05, 0.1) is 36.9 Å². The number of benzene rings is 5. The van der Waals surface area contributed by atoms with E-state index in [1.807, 2.05) is 31.2 Å². The van der Waals surface area contributed by atoms with Crippen LogP contribution in [0.5, 0.6) is 0 Å². The Morgan fingerprint density at radius 3 is 2.20 bits per heavy atom. The Kier molecular flexibility index (Phi) is 22.9. The zero-order chi connectivity index (χ0) is 58.5. The molecule has 0 aromatic heterocycles. The highest BCUT2D eigenvalue weighted by Gasteiger charge is 2.48. The van der Waals surface area contributed by atoms with Gasteiger partial charge in [-0.3, -0.25) is 38.6 Å². The van der Waals surface area contributed by atoms with E-state index in [0.717, 1.165) is 42.4 Å². The summed E-state index contributed by atoms with van der Waals surface area (Å²) in [5.41, 5.74) is 3.80. The molecule has 7 atom stereocenters. The number of piperazine rings is 1. The van der Waals surface area contributed by atoms with Gasteiger partial charge in [-0.2, -0.15) is 0 Å². The Morgan fingerprint density at radius 2 is 1.49 bits per heavy atom. The maximum Gasteiger partial charge on any atom is 0.255 e. The minimum Gasteiger partial charge on any atom is -0.381 e. The van der Waals surface area contributed by atoms with Crippen LogP contribution < -0.4 is 36.8 Å². The van der Waals surface area contributed by atoms with Crippen molar-refractivity contribution in [3.8, 4) is 0 Å². The van der Waals surface area contributed by atoms with E-state index in [9.17, 15) is 33.2 Å². The number of hydrogen-bond acceptors (Lipinski definition) is 12. The van der Waals surface area contributed by atoms with Crippen LogP contribution in [0.4, 0.5) is 31.5 Å². The Bertz CT molecular complexity index is 3240. The number of carbonyl (C=O) groups excluding carboxylic acids is 6. The standard InChI is InChI=1S/C63H74F2N10O8.3ClH/c1-38-32-73(49(31-67-38)34-72-24-27-83-36-39(72)2)35-55(76)75-37-63(4,51-20-12-42(29-54(51)75)28-41-10-14-46(64)15-11-41)62(81)69-48-18-16-47(17-19-48)68-59(78)44-13-21-52(65)53(30-44)70-60(79)57-50-9-7-6-8-45(50)33-74(57)61(80)56(43-22-25-82-26-23-43)71-58(77)40(3)66-5;;;/h6-21,29-30,38-40,43,49,56-57,66-67H,22-28,31-37H2,1-5H3,(H,68,78)(H,69,81)(H,70,79)(H,71,77);3*1H/t38-,39-,40+,49-,56+,57+,63?;;;/m1.../s1. The largest absolute Gasteiger partial charge is 0.381 e. The van der Waals surface area contributed by atoms with Gasteiger partial charge in [-0.15, -0.1) is 37.2 Å². The first-order valence-electron chi connectivity index (χ1n) is 28.7. The molecule has 0 saturated carbocycles. The Hall–Kier alpha value is -6.59. The highest BCUT2D eigenvalue weighted by atomic mass is 35.5. The fourth-order valence-electron chi connectivity index (χ4n) is 12.1. The van der Waals surface area contributed by atoms with Gasteiger partial charge in [-0.05, 0) is 148 Å². The molecule has 5 aliphatic rings. The molecule has 0 radical (unpaired) electrons. The number of nitrogens with one attached hydrogen (secondary N) is 6. The molecule has 23 heteroatoms. The predicted octanol–water partition coefficient (Wildman–Crippen LogP) is 7.24. The van der Waals surface area contributed by atoms with E-state index in [0.29, 0.717) is 80.4 Å². The minimum atomic E-state index is -1.18. The van der Waals surface area contributed by atoms with Crippen LogP contribution in [0.2, 0.25) is 0 Å². The first-order valence-corrected chi connectivity index (χ1v) is 28.7. The summed E-state index contributed by atoms with van der Waals surface area (Å²) < 4.78 is 40.8. The number of hydrogen-bond donors (Lipinski definition) is 6. The number of halogens is 5. The van der Waals surface area contributed by atoms with Gasteiger partial charge in [-0.1, -0.05) is 48.5 Å². The third-order valence-electron chi connectivity index (χ3n) is 17.1. The summed E-state index contributed by atoms with van der Waals surface area (Å²) in [7, 11) is 1.65. The zero-order valence-electron chi connectivity index (χ0n) is 48.9. The topological polar surface area (TPSA) is 206 Å². The Morgan fingerprint density at radius 1 is 0.791 bits per heavy atom. The SMILES string of the molecule is CN[C@@H](C)C(=O)N[C@H](C(=O)N1Cc2ccccc2[C@H]1C(=O)Nc1cc(C(=O)Nc2ccc(NC(=O)C3(C)CN(C(=O)CN4C[C@@H](C)NC[C@@H]4CN4CCOC[C@H]4C)c4cc(Cc5ccc(F)cc5)ccc43)cc2)ccc1F)C1CCOCC1.Cl.Cl.Cl. The van der Waals surface area contributed by atoms with Crippen molar-refractivity contribution in [2.24, 2.45) is 5.92 Å². The lowest BCUT2D eigenvalue weighted by atomic mass is 9.83. The van der Waals surface area contributed by atoms with Crippen molar-refractivity contribution in [2.45, 2.75) is 95.2 Å². The number of morpholine rings is 1. The summed E-state index contributed by atoms with van der Waals surface area (Å²) in [6.45, 7) is 13.3. The zero-order valence-corrected chi connectivity index (χ0v) is 51.3. The summed E-state index contributed by atoms with van der Waals surface area (Å²) in [6, 6.07) is 27.2. The number of rotatable bonds is 17. The fraction of sp³-hybridized carbons (Fsp3) is 0.429. The van der Waals surface area contributed by atoms with Crippen LogP contribution in [0.25, 0.3) is 0 Å². The van der Waals surface area contributed by atoms with Crippen LogP contribution in [0.1, 0.15) is 84.8 Å². The van der Waals surface area contributed by atoms with Crippen molar-refractivity contribution in [3.05, 3.63) is 154 Å². The van der Waals surface area contributed by atoms with Crippen molar-refractivity contribution in [1.29, 1.82) is 0 Å². The van der Waals surface area contributed by atoms with Crippen molar-refractivity contribution in [2.75, 3.05) is 93.6 Å². The highest BCUT2D eigenvalue weighted by molar-refractivity contribution is 6.08. The summed E-state index contributed by atoms with van der Waals surface area (Å²) in [6.07, 6.45) is 1.55. The smallest absolute Gasteiger partial charge is 0.255 e. The Labute approximate surface area is 519 Å². The molecule has 0 aliphatic carbocycles. The molecule has 6 amide bonds. The molecule has 5 heterocycles. The highest BCUT2D eigenvalue weighted by Crippen LogP contribution is 2.43. The molecule has 6 N–H and O–H groups in total. The van der Waals surface area contributed by atoms with E-state index < -0.39 is 47.1 Å². The van der Waals surface area contributed by atoms with Gasteiger partial charge in [0.15, 0.2) is 0 Å². The third kappa shape index (κ3) is 15.0. The van der Waals surface area contributed by atoms with Gasteiger partial charge in [0.2, 0.25) is 23.6 Å². The summed E-state index contributed by atoms with van der Waals surface area (Å²) in [5, 5.41) is 18.0. The second-order valence-corrected chi connectivity index (χ2v) is 23.0. The number of nitrogens with zero attached hydrogens (tertiary/aromatic N) is 4. The van der Waals surface area contributed by atoms with Gasteiger partial charge in [0.1, 0.15) is 23.7 Å². The van der Waals surface area contributed by atoms with Crippen molar-refractivity contribution < 1.29 is 47.0 Å². The van der Waals surface area contributed by atoms with Gasteiger partial charge < -0.3 is 51.2 Å². The lowest BCUT2D eigenvalue weighted by Gasteiger charge is -2.43. The van der Waals surface area contributed by atoms with E-state index in [4.69, 9.17) is 9.47 Å². The molecule has 86 heavy (non-hydrogen) atoms. The molecule has 18 nitrogen and oxygen atoms in total. The van der Waals surface area contributed by atoms with Gasteiger partial charge in [0, 0.05) is 93.2 Å². The van der Waals surface area contributed by atoms with E-state index in [1.54, 1.807) is 73.5 Å². The average Bonchev–Trinajstić information content (AvgIpc) is 1.74. The molecule has 3 fully saturated rings. The molecule has 5 aromatic carbocycles. The lowest BCUT2D eigenvalue weighted by molar-refractivity contribution is -0.144. The molecule has 3 saturated heterocycles. The first kappa shape index (κ1) is 66.9. The molecule has 5 aromatic rings. The second-order valence-electron chi connectivity index (χ2n) is 23.0. The number of amides is 6. The summed E-state index contributed by atoms with van der Waals surface area (Å²) >= 11 is 0. The van der Waals surface area contributed by atoms with Gasteiger partial charge in [0.25, 0.3) is 11.8 Å². The number of anilines is 4. The minimum absolute atomic E-state index is 0. The molecule has 5 aliphatic heterocycles. The van der Waals surface area contributed by atoms with E-state index in [2.05, 4.69) is 55.5 Å². The number of ether oxygens (including phenoxy) is 2. The van der Waals surface area contributed by atoms with Crippen LogP contribution in [0.15, 0.2) is 109 Å². The molecule has 462 valence electrons. The first-order chi connectivity index (χ1) is 40.0. The Balaban J connectivity index is 0.00000353. The van der Waals surface area contributed by atoms with Crippen LogP contribution in [-0.4, -0.2) is 153 Å². The molecule has 0 spiro atoms. The fourth-order valence-corrected chi connectivity index (χ4v) is 12.1. The normalized spacial score (nSPS) is 21.9. The maximum absolute atomic E-state index is 15.7. The molecule has 10 rings (SSSR count). The third-order valence-corrected chi connectivity index (χ3v) is 17.1. The van der Waals surface area contributed by atoms with E-state index in [-0.39, 0.29) is 116 Å². The number of fused-ring (bicyclic) bond motifs is 2. The maximum atomic E-state index is 15.7. The van der Waals surface area contributed by atoms with E-state index >= 15 is 4.39 Å². The van der Waals surface area contributed by atoms with Crippen LogP contribution in [0, 0.1) is 17.6 Å². The molecular formula is C63H77Cl3F2N10O8. The van der Waals surface area contributed by atoms with Crippen LogP contribution in [-0.2, 0) is 51.8 Å². The summed E-state index contributed by atoms with van der Waals surface area (Å²) in [5.74, 6) is -3.97. The number of likely N-dealkylation sites (N-methyl/N-ethyl adjacent to an activating group) is 1. The number of carbonyl (C=O) groups is 6. The monoisotopic (exact) mass is 1240 g/mol. The van der Waals surface area contributed by atoms with E-state index in [1.165, 1.54) is 29.2 Å². The molecule has 0 bridgehead atoms. The van der Waals surface area contributed by atoms with Crippen molar-refractivity contribution >= 4 is 95.4 Å². The van der Waals surface area contributed by atoms with Gasteiger partial charge >= 0.3 is 0 Å². The average molecular weight is 1250 g/mol. The van der Waals surface area contributed by atoms with Crippen LogP contribution >= 0.6 is 37.2 Å². The van der Waals surface area contributed by atoms with Gasteiger partial charge in [-0.25, -0.2) is 8.78 Å². The van der Waals surface area contributed by atoms with Crippen LogP contribution in [0.3, 0.4) is 0 Å². The molecular weight excluding hydrogens is 1170 g/mol. The predicted molar refractivity (Wildman–Crippen MR) is 334 cm³/mol. The second kappa shape index (κ2) is 29.4. The molecule has 1 unspecified atom stereocenters.